The number of methoxy groups -OCH3 is 1. The fraction of sp³-hybridized carbons (Fsp3) is 0.111. The number of benzene rings is 2. The van der Waals surface area contributed by atoms with E-state index in [4.69, 9.17) is 4.74 Å². The minimum Gasteiger partial charge on any atom is -0.497 e. The number of halogens is 1. The van der Waals surface area contributed by atoms with Crippen molar-refractivity contribution in [3.63, 3.8) is 0 Å². The highest BCUT2D eigenvalue weighted by molar-refractivity contribution is 9.10. The van der Waals surface area contributed by atoms with E-state index in [1.165, 1.54) is 6.08 Å². The van der Waals surface area contributed by atoms with Gasteiger partial charge in [-0.05, 0) is 52.4 Å². The van der Waals surface area contributed by atoms with E-state index in [2.05, 4.69) is 36.8 Å². The Kier molecular flexibility index (Phi) is 5.75. The van der Waals surface area contributed by atoms with Crippen molar-refractivity contribution in [3.8, 4) is 11.4 Å². The maximum Gasteiger partial charge on any atom is 0.244 e. The Morgan fingerprint density at radius 3 is 2.92 bits per heavy atom. The average molecular weight is 414 g/mol. The third-order valence-electron chi connectivity index (χ3n) is 3.53. The Balaban J connectivity index is 1.63. The minimum atomic E-state index is -0.239. The summed E-state index contributed by atoms with van der Waals surface area (Å²) in [4.78, 5) is 12.1. The van der Waals surface area contributed by atoms with Gasteiger partial charge in [0.05, 0.1) is 19.3 Å². The van der Waals surface area contributed by atoms with Gasteiger partial charge in [0.15, 0.2) is 5.82 Å². The zero-order valence-corrected chi connectivity index (χ0v) is 15.5. The largest absolute Gasteiger partial charge is 0.497 e. The van der Waals surface area contributed by atoms with E-state index in [1.807, 2.05) is 48.5 Å². The molecule has 0 bridgehead atoms. The van der Waals surface area contributed by atoms with Crippen molar-refractivity contribution in [2.24, 2.45) is 0 Å². The molecule has 3 aromatic rings. The van der Waals surface area contributed by atoms with Gasteiger partial charge in [-0.3, -0.25) is 4.79 Å². The number of nitrogens with one attached hydrogen (secondary N) is 1. The maximum atomic E-state index is 12.1. The van der Waals surface area contributed by atoms with Gasteiger partial charge in [-0.2, -0.15) is 4.68 Å². The molecule has 1 amide bonds. The molecular weight excluding hydrogens is 398 g/mol. The molecule has 2 aromatic carbocycles. The molecule has 1 heterocycles. The van der Waals surface area contributed by atoms with E-state index in [0.29, 0.717) is 5.82 Å². The van der Waals surface area contributed by atoms with Gasteiger partial charge in [-0.25, -0.2) is 0 Å². The first kappa shape index (κ1) is 17.8. The number of hydrogen-bond acceptors (Lipinski definition) is 5. The van der Waals surface area contributed by atoms with E-state index < -0.39 is 0 Å². The van der Waals surface area contributed by atoms with Gasteiger partial charge in [-0.1, -0.05) is 34.1 Å². The molecule has 0 saturated carbocycles. The van der Waals surface area contributed by atoms with Crippen LogP contribution in [0, 0.1) is 0 Å². The molecule has 0 atom stereocenters. The van der Waals surface area contributed by atoms with Crippen molar-refractivity contribution < 1.29 is 9.53 Å². The van der Waals surface area contributed by atoms with Gasteiger partial charge in [0, 0.05) is 10.5 Å². The normalized spacial score (nSPS) is 10.8. The van der Waals surface area contributed by atoms with Crippen molar-refractivity contribution in [1.29, 1.82) is 0 Å². The molecular formula is C18H16BrN5O2. The molecule has 0 aliphatic rings. The van der Waals surface area contributed by atoms with Gasteiger partial charge in [-0.15, -0.1) is 5.10 Å². The van der Waals surface area contributed by atoms with Crippen molar-refractivity contribution in [1.82, 2.24) is 25.5 Å². The molecule has 1 aromatic heterocycles. The van der Waals surface area contributed by atoms with Crippen LogP contribution in [0.25, 0.3) is 11.8 Å². The summed E-state index contributed by atoms with van der Waals surface area (Å²) >= 11 is 3.42. The van der Waals surface area contributed by atoms with Crippen LogP contribution in [0.4, 0.5) is 0 Å². The maximum absolute atomic E-state index is 12.1. The van der Waals surface area contributed by atoms with Crippen LogP contribution in [-0.4, -0.2) is 33.2 Å². The van der Waals surface area contributed by atoms with Gasteiger partial charge in [0.1, 0.15) is 5.75 Å². The molecule has 26 heavy (non-hydrogen) atoms. The number of carbonyl (C=O) groups is 1. The summed E-state index contributed by atoms with van der Waals surface area (Å²) < 4.78 is 7.66. The quantitative estimate of drug-likeness (QED) is 0.628. The lowest BCUT2D eigenvalue weighted by Crippen LogP contribution is -2.22. The van der Waals surface area contributed by atoms with E-state index in [9.17, 15) is 4.79 Å². The summed E-state index contributed by atoms with van der Waals surface area (Å²) in [5.74, 6) is 1.03. The van der Waals surface area contributed by atoms with Gasteiger partial charge >= 0.3 is 0 Å². The van der Waals surface area contributed by atoms with E-state index in [-0.39, 0.29) is 12.5 Å². The topological polar surface area (TPSA) is 81.9 Å². The molecule has 132 valence electrons. The number of aromatic nitrogens is 4. The lowest BCUT2D eigenvalue weighted by Gasteiger charge is -2.05. The molecule has 0 unspecified atom stereocenters. The minimum absolute atomic E-state index is 0.209. The third kappa shape index (κ3) is 4.54. The fourth-order valence-corrected chi connectivity index (χ4v) is 2.65. The Bertz CT molecular complexity index is 939. The van der Waals surface area contributed by atoms with Crippen LogP contribution in [0.15, 0.2) is 59.1 Å². The van der Waals surface area contributed by atoms with Crippen LogP contribution in [0.5, 0.6) is 5.75 Å². The molecule has 0 radical (unpaired) electrons. The van der Waals surface area contributed by atoms with Crippen LogP contribution in [0.1, 0.15) is 11.4 Å². The van der Waals surface area contributed by atoms with E-state index in [0.717, 1.165) is 21.5 Å². The summed E-state index contributed by atoms with van der Waals surface area (Å²) in [6, 6.07) is 15.0. The van der Waals surface area contributed by atoms with Crippen LogP contribution >= 0.6 is 15.9 Å². The highest BCUT2D eigenvalue weighted by atomic mass is 79.9. The lowest BCUT2D eigenvalue weighted by molar-refractivity contribution is -0.116. The number of hydrogen-bond donors (Lipinski definition) is 1. The second kappa shape index (κ2) is 8.39. The van der Waals surface area contributed by atoms with Crippen molar-refractivity contribution >= 4 is 27.9 Å². The molecule has 0 spiro atoms. The first-order valence-corrected chi connectivity index (χ1v) is 8.58. The van der Waals surface area contributed by atoms with Crippen LogP contribution < -0.4 is 10.1 Å². The summed E-state index contributed by atoms with van der Waals surface area (Å²) in [5.41, 5.74) is 1.68. The number of amides is 1. The third-order valence-corrected chi connectivity index (χ3v) is 4.02. The predicted molar refractivity (Wildman–Crippen MR) is 101 cm³/mol. The second-order valence-electron chi connectivity index (χ2n) is 5.31. The first-order chi connectivity index (χ1) is 12.7. The van der Waals surface area contributed by atoms with E-state index >= 15 is 0 Å². The molecule has 0 aliphatic carbocycles. The second-order valence-corrected chi connectivity index (χ2v) is 6.23. The highest BCUT2D eigenvalue weighted by Crippen LogP contribution is 2.15. The van der Waals surface area contributed by atoms with Gasteiger partial charge < -0.3 is 10.1 Å². The Morgan fingerprint density at radius 2 is 2.12 bits per heavy atom. The van der Waals surface area contributed by atoms with Crippen molar-refractivity contribution in [2.45, 2.75) is 6.54 Å². The zero-order valence-electron chi connectivity index (χ0n) is 14.0. The number of tetrazole rings is 1. The van der Waals surface area contributed by atoms with Crippen molar-refractivity contribution in [3.05, 3.63) is 70.5 Å². The number of nitrogens with zero attached hydrogens (tertiary/aromatic N) is 4. The van der Waals surface area contributed by atoms with Crippen molar-refractivity contribution in [2.75, 3.05) is 7.11 Å². The predicted octanol–water partition coefficient (Wildman–Crippen LogP) is 2.76. The monoisotopic (exact) mass is 413 g/mol. The standard InChI is InChI=1S/C18H16BrN5O2/c1-26-16-7-2-4-13(10-16)8-9-18(25)20-12-17-21-22-23-24(17)15-6-3-5-14(19)11-15/h2-11H,12H2,1H3,(H,20,25)/b9-8+. The van der Waals surface area contributed by atoms with E-state index in [1.54, 1.807) is 17.9 Å². The number of rotatable bonds is 6. The summed E-state index contributed by atoms with van der Waals surface area (Å²) in [7, 11) is 1.60. The lowest BCUT2D eigenvalue weighted by atomic mass is 10.2. The number of carbonyl (C=O) groups excluding carboxylic acids is 1. The molecule has 7 nitrogen and oxygen atoms in total. The fourth-order valence-electron chi connectivity index (χ4n) is 2.27. The van der Waals surface area contributed by atoms with Gasteiger partial charge in [0.2, 0.25) is 5.91 Å². The molecule has 1 N–H and O–H groups in total. The summed E-state index contributed by atoms with van der Waals surface area (Å²) in [5, 5.41) is 14.4. The Labute approximate surface area is 158 Å². The SMILES string of the molecule is COc1cccc(/C=C/C(=O)NCc2nnnn2-c2cccc(Br)c2)c1. The number of ether oxygens (including phenoxy) is 1. The summed E-state index contributed by atoms with van der Waals surface area (Å²) in [6.45, 7) is 0.209. The molecule has 0 fully saturated rings. The Morgan fingerprint density at radius 1 is 1.27 bits per heavy atom. The zero-order chi connectivity index (χ0) is 18.4. The summed E-state index contributed by atoms with van der Waals surface area (Å²) in [6.07, 6.45) is 3.18. The van der Waals surface area contributed by atoms with Crippen LogP contribution in [-0.2, 0) is 11.3 Å². The molecule has 0 aliphatic heterocycles. The first-order valence-electron chi connectivity index (χ1n) is 7.79. The highest BCUT2D eigenvalue weighted by Gasteiger charge is 2.09. The average Bonchev–Trinajstić information content (AvgIpc) is 3.13. The van der Waals surface area contributed by atoms with Crippen LogP contribution in [0.3, 0.4) is 0 Å². The smallest absolute Gasteiger partial charge is 0.244 e. The van der Waals surface area contributed by atoms with Crippen LogP contribution in [0.2, 0.25) is 0 Å². The molecule has 3 rings (SSSR count). The van der Waals surface area contributed by atoms with Gasteiger partial charge in [0.25, 0.3) is 0 Å². The Hall–Kier alpha value is -3.00. The molecule has 0 saturated heterocycles. The molecule has 8 heteroatoms.